The highest BCUT2D eigenvalue weighted by Crippen LogP contribution is 2.16. The van der Waals surface area contributed by atoms with Gasteiger partial charge in [-0.2, -0.15) is 11.8 Å². The van der Waals surface area contributed by atoms with Crippen LogP contribution in [-0.4, -0.2) is 44.4 Å². The fourth-order valence-electron chi connectivity index (χ4n) is 1.97. The fourth-order valence-corrected chi connectivity index (χ4v) is 2.80. The summed E-state index contributed by atoms with van der Waals surface area (Å²) in [5.41, 5.74) is 2.28. The van der Waals surface area contributed by atoms with Gasteiger partial charge in [-0.25, -0.2) is 4.98 Å². The third-order valence-corrected chi connectivity index (χ3v) is 4.41. The molecule has 0 bridgehead atoms. The van der Waals surface area contributed by atoms with E-state index >= 15 is 0 Å². The molecule has 0 saturated carbocycles. The number of thioether (sulfide) groups is 1. The Hall–Kier alpha value is -1.27. The quantitative estimate of drug-likeness (QED) is 0.847. The van der Waals surface area contributed by atoms with Crippen molar-refractivity contribution in [2.75, 3.05) is 18.6 Å². The van der Waals surface area contributed by atoms with E-state index in [-0.39, 0.29) is 5.56 Å². The van der Waals surface area contributed by atoms with Crippen LogP contribution in [-0.2, 0) is 6.54 Å². The number of nitrogens with one attached hydrogen (secondary N) is 2. The molecule has 2 aromatic rings. The maximum atomic E-state index is 11.6. The van der Waals surface area contributed by atoms with Crippen LogP contribution in [0.25, 0.3) is 11.0 Å². The van der Waals surface area contributed by atoms with Crippen molar-refractivity contribution in [1.29, 1.82) is 0 Å². The minimum atomic E-state index is -0.117. The maximum Gasteiger partial charge on any atom is 0.275 e. The number of aromatic nitrogens is 3. The molecule has 0 aromatic carbocycles. The Morgan fingerprint density at radius 3 is 3.00 bits per heavy atom. The Morgan fingerprint density at radius 2 is 2.26 bits per heavy atom. The molecular formula is C13H20N4OS. The van der Waals surface area contributed by atoms with Crippen LogP contribution in [0.4, 0.5) is 0 Å². The van der Waals surface area contributed by atoms with Crippen LogP contribution >= 0.6 is 11.8 Å². The van der Waals surface area contributed by atoms with Gasteiger partial charge in [0.05, 0.1) is 11.8 Å². The molecule has 2 N–H and O–H groups in total. The average Bonchev–Trinajstić information content (AvgIpc) is 2.80. The highest BCUT2D eigenvalue weighted by molar-refractivity contribution is 7.99. The summed E-state index contributed by atoms with van der Waals surface area (Å²) in [4.78, 5) is 23.7. The molecule has 0 spiro atoms. The molecule has 0 unspecified atom stereocenters. The van der Waals surface area contributed by atoms with Crippen molar-refractivity contribution in [1.82, 2.24) is 19.9 Å². The monoisotopic (exact) mass is 280 g/mol. The fraction of sp³-hybridized carbons (Fsp3) is 0.538. The first kappa shape index (κ1) is 14.1. The molecule has 0 amide bonds. The van der Waals surface area contributed by atoms with Gasteiger partial charge in [0.25, 0.3) is 5.56 Å². The van der Waals surface area contributed by atoms with E-state index in [9.17, 15) is 4.79 Å². The summed E-state index contributed by atoms with van der Waals surface area (Å²) in [6.45, 7) is 5.19. The molecular weight excluding hydrogens is 260 g/mol. The van der Waals surface area contributed by atoms with Gasteiger partial charge in [0.15, 0.2) is 0 Å². The molecule has 0 aliphatic carbocycles. The highest BCUT2D eigenvalue weighted by atomic mass is 32.2. The molecule has 0 radical (unpaired) electrons. The lowest BCUT2D eigenvalue weighted by atomic mass is 10.2. The van der Waals surface area contributed by atoms with Gasteiger partial charge in [-0.1, -0.05) is 6.92 Å². The average molecular weight is 280 g/mol. The van der Waals surface area contributed by atoms with E-state index < -0.39 is 0 Å². The predicted molar refractivity (Wildman–Crippen MR) is 80.6 cm³/mol. The van der Waals surface area contributed by atoms with Gasteiger partial charge in [-0.15, -0.1) is 0 Å². The molecule has 0 fully saturated rings. The van der Waals surface area contributed by atoms with Gasteiger partial charge in [0.2, 0.25) is 0 Å². The second kappa shape index (κ2) is 6.25. The second-order valence-electron chi connectivity index (χ2n) is 4.69. The number of fused-ring (bicyclic) bond motifs is 1. The van der Waals surface area contributed by atoms with Gasteiger partial charge in [0, 0.05) is 30.1 Å². The van der Waals surface area contributed by atoms with E-state index in [1.165, 1.54) is 6.33 Å². The first-order valence-electron chi connectivity index (χ1n) is 6.45. The van der Waals surface area contributed by atoms with Gasteiger partial charge >= 0.3 is 0 Å². The summed E-state index contributed by atoms with van der Waals surface area (Å²) in [5, 5.41) is 0. The smallest absolute Gasteiger partial charge is 0.275 e. The molecule has 0 saturated heterocycles. The van der Waals surface area contributed by atoms with Crippen molar-refractivity contribution in [3.05, 3.63) is 28.4 Å². The van der Waals surface area contributed by atoms with E-state index in [1.54, 1.807) is 0 Å². The summed E-state index contributed by atoms with van der Waals surface area (Å²) in [6, 6.07) is 0.497. The van der Waals surface area contributed by atoms with Crippen molar-refractivity contribution >= 4 is 22.8 Å². The number of H-pyrrole nitrogens is 2. The number of aromatic amines is 2. The molecule has 19 heavy (non-hydrogen) atoms. The zero-order valence-electron chi connectivity index (χ0n) is 11.6. The normalized spacial score (nSPS) is 13.3. The SMILES string of the molecule is CCSC[C@H](C)N(C)Cc1c[nH]c2c(=O)[nH]cnc12. The van der Waals surface area contributed by atoms with Crippen molar-refractivity contribution < 1.29 is 0 Å². The minimum Gasteiger partial charge on any atom is -0.355 e. The maximum absolute atomic E-state index is 11.6. The lowest BCUT2D eigenvalue weighted by Crippen LogP contribution is -2.30. The molecule has 0 aliphatic rings. The number of rotatable bonds is 6. The van der Waals surface area contributed by atoms with Gasteiger partial charge in [-0.05, 0) is 19.7 Å². The van der Waals surface area contributed by atoms with Crippen LogP contribution in [0, 0.1) is 0 Å². The topological polar surface area (TPSA) is 64.8 Å². The minimum absolute atomic E-state index is 0.117. The molecule has 2 rings (SSSR count). The molecule has 2 aromatic heterocycles. The summed E-state index contributed by atoms with van der Waals surface area (Å²) < 4.78 is 0. The van der Waals surface area contributed by atoms with Gasteiger partial charge < -0.3 is 9.97 Å². The molecule has 6 heteroatoms. The molecule has 1 atom stereocenters. The Bertz CT molecular complexity index is 592. The first-order chi connectivity index (χ1) is 9.13. The Kier molecular flexibility index (Phi) is 4.66. The molecule has 5 nitrogen and oxygen atoms in total. The third kappa shape index (κ3) is 3.19. The van der Waals surface area contributed by atoms with Crippen molar-refractivity contribution in [2.24, 2.45) is 0 Å². The summed E-state index contributed by atoms with van der Waals surface area (Å²) >= 11 is 1.94. The zero-order chi connectivity index (χ0) is 13.8. The summed E-state index contributed by atoms with van der Waals surface area (Å²) in [7, 11) is 2.10. The highest BCUT2D eigenvalue weighted by Gasteiger charge is 2.13. The Labute approximate surface area is 116 Å². The Morgan fingerprint density at radius 1 is 1.47 bits per heavy atom. The summed E-state index contributed by atoms with van der Waals surface area (Å²) in [6.07, 6.45) is 3.33. The van der Waals surface area contributed by atoms with Crippen LogP contribution in [0.15, 0.2) is 17.3 Å². The number of hydrogen-bond acceptors (Lipinski definition) is 4. The van der Waals surface area contributed by atoms with Crippen molar-refractivity contribution in [3.8, 4) is 0 Å². The first-order valence-corrected chi connectivity index (χ1v) is 7.60. The van der Waals surface area contributed by atoms with Crippen LogP contribution in [0.2, 0.25) is 0 Å². The van der Waals surface area contributed by atoms with E-state index in [0.29, 0.717) is 11.6 Å². The lowest BCUT2D eigenvalue weighted by molar-refractivity contribution is 0.270. The number of nitrogens with zero attached hydrogens (tertiary/aromatic N) is 2. The largest absolute Gasteiger partial charge is 0.355 e. The predicted octanol–water partition coefficient (Wildman–Crippen LogP) is 1.82. The van der Waals surface area contributed by atoms with Crippen molar-refractivity contribution in [3.63, 3.8) is 0 Å². The van der Waals surface area contributed by atoms with Crippen LogP contribution in [0.1, 0.15) is 19.4 Å². The Balaban J connectivity index is 2.13. The third-order valence-electron chi connectivity index (χ3n) is 3.28. The zero-order valence-corrected chi connectivity index (χ0v) is 12.4. The number of hydrogen-bond donors (Lipinski definition) is 2. The second-order valence-corrected chi connectivity index (χ2v) is 6.01. The van der Waals surface area contributed by atoms with Crippen LogP contribution in [0.3, 0.4) is 0 Å². The molecule has 0 aliphatic heterocycles. The van der Waals surface area contributed by atoms with E-state index in [0.717, 1.165) is 29.1 Å². The van der Waals surface area contributed by atoms with Gasteiger partial charge in [-0.3, -0.25) is 9.69 Å². The standard InChI is InChI=1S/C13H20N4OS/c1-4-19-7-9(2)17(3)6-10-5-14-12-11(10)15-8-16-13(12)18/h5,8-9,14H,4,6-7H2,1-3H3,(H,15,16,18)/t9-/m0/s1. The van der Waals surface area contributed by atoms with Crippen LogP contribution < -0.4 is 5.56 Å². The van der Waals surface area contributed by atoms with E-state index in [2.05, 4.69) is 40.7 Å². The van der Waals surface area contributed by atoms with Crippen molar-refractivity contribution in [2.45, 2.75) is 26.4 Å². The molecule has 104 valence electrons. The van der Waals surface area contributed by atoms with Gasteiger partial charge in [0.1, 0.15) is 5.52 Å². The lowest BCUT2D eigenvalue weighted by Gasteiger charge is -2.23. The van der Waals surface area contributed by atoms with E-state index in [1.807, 2.05) is 18.0 Å². The van der Waals surface area contributed by atoms with E-state index in [4.69, 9.17) is 0 Å². The summed E-state index contributed by atoms with van der Waals surface area (Å²) in [5.74, 6) is 2.26. The molecule has 2 heterocycles. The van der Waals surface area contributed by atoms with Crippen LogP contribution in [0.5, 0.6) is 0 Å².